The Hall–Kier alpha value is -0.900. The van der Waals surface area contributed by atoms with E-state index in [0.29, 0.717) is 0 Å². The van der Waals surface area contributed by atoms with Crippen LogP contribution in [0.3, 0.4) is 0 Å². The summed E-state index contributed by atoms with van der Waals surface area (Å²) in [4.78, 5) is 0. The molecule has 0 fully saturated rings. The first-order valence-electron chi connectivity index (χ1n) is 7.40. The lowest BCUT2D eigenvalue weighted by Gasteiger charge is -2.01. The summed E-state index contributed by atoms with van der Waals surface area (Å²) in [5.74, 6) is 0. The zero-order valence-corrected chi connectivity index (χ0v) is 12.0. The molecule has 4 nitrogen and oxygen atoms in total. The van der Waals surface area contributed by atoms with E-state index < -0.39 is 0 Å². The predicted octanol–water partition coefficient (Wildman–Crippen LogP) is 3.14. The smallest absolute Gasteiger partial charge is 0.0964 e. The van der Waals surface area contributed by atoms with Gasteiger partial charge in [-0.3, -0.25) is 4.68 Å². The van der Waals surface area contributed by atoms with Crippen LogP contribution in [0.1, 0.15) is 64.0 Å². The molecule has 0 atom stereocenters. The maximum absolute atomic E-state index is 4.12. The molecule has 1 N–H and O–H groups in total. The molecule has 0 bridgehead atoms. The van der Waals surface area contributed by atoms with E-state index in [1.54, 1.807) is 0 Å². The monoisotopic (exact) mass is 252 g/mol. The van der Waals surface area contributed by atoms with Crippen molar-refractivity contribution in [3.8, 4) is 0 Å². The van der Waals surface area contributed by atoms with Crippen molar-refractivity contribution in [3.63, 3.8) is 0 Å². The lowest BCUT2D eigenvalue weighted by molar-refractivity contribution is 0.510. The van der Waals surface area contributed by atoms with Gasteiger partial charge < -0.3 is 5.32 Å². The summed E-state index contributed by atoms with van der Waals surface area (Å²) in [7, 11) is 1.93. The van der Waals surface area contributed by atoms with Crippen LogP contribution in [0, 0.1) is 0 Å². The largest absolute Gasteiger partial charge is 0.314 e. The van der Waals surface area contributed by atoms with Crippen LogP contribution in [0.2, 0.25) is 0 Å². The van der Waals surface area contributed by atoms with Crippen LogP contribution in [-0.4, -0.2) is 22.0 Å². The molecule has 1 heterocycles. The highest BCUT2D eigenvalue weighted by Crippen LogP contribution is 2.08. The van der Waals surface area contributed by atoms with Gasteiger partial charge in [0.2, 0.25) is 0 Å². The molecular formula is C14H28N4. The van der Waals surface area contributed by atoms with Crippen LogP contribution in [0.4, 0.5) is 0 Å². The second-order valence-electron chi connectivity index (χ2n) is 4.98. The van der Waals surface area contributed by atoms with E-state index >= 15 is 0 Å². The number of hydrogen-bond donors (Lipinski definition) is 1. The summed E-state index contributed by atoms with van der Waals surface area (Å²) in [5.41, 5.74) is 1.03. The van der Waals surface area contributed by atoms with Gasteiger partial charge in [-0.05, 0) is 13.5 Å². The van der Waals surface area contributed by atoms with Crippen molar-refractivity contribution in [3.05, 3.63) is 11.9 Å². The first kappa shape index (κ1) is 15.2. The molecule has 4 heteroatoms. The van der Waals surface area contributed by atoms with E-state index in [9.17, 15) is 0 Å². The second kappa shape index (κ2) is 10.1. The molecule has 18 heavy (non-hydrogen) atoms. The molecule has 0 saturated heterocycles. The number of hydrogen-bond acceptors (Lipinski definition) is 3. The fraction of sp³-hybridized carbons (Fsp3) is 0.857. The Labute approximate surface area is 111 Å². The quantitative estimate of drug-likeness (QED) is 0.615. The van der Waals surface area contributed by atoms with Gasteiger partial charge in [-0.1, -0.05) is 57.1 Å². The average Bonchev–Trinajstić information content (AvgIpc) is 2.81. The van der Waals surface area contributed by atoms with Crippen molar-refractivity contribution in [2.75, 3.05) is 7.05 Å². The molecule has 1 aromatic heterocycles. The first-order chi connectivity index (χ1) is 8.86. The van der Waals surface area contributed by atoms with E-state index in [2.05, 4.69) is 22.6 Å². The fourth-order valence-corrected chi connectivity index (χ4v) is 2.12. The van der Waals surface area contributed by atoms with E-state index in [1.165, 1.54) is 51.4 Å². The van der Waals surface area contributed by atoms with Gasteiger partial charge in [0.15, 0.2) is 0 Å². The Bertz CT molecular complexity index is 296. The third-order valence-electron chi connectivity index (χ3n) is 3.18. The Morgan fingerprint density at radius 3 is 2.39 bits per heavy atom. The summed E-state index contributed by atoms with van der Waals surface area (Å²) in [6, 6.07) is 0. The maximum Gasteiger partial charge on any atom is 0.0964 e. The molecule has 0 saturated carbocycles. The third kappa shape index (κ3) is 6.74. The lowest BCUT2D eigenvalue weighted by Crippen LogP contribution is -2.05. The van der Waals surface area contributed by atoms with Crippen molar-refractivity contribution >= 4 is 0 Å². The lowest BCUT2D eigenvalue weighted by atomic mass is 10.1. The topological polar surface area (TPSA) is 42.7 Å². The van der Waals surface area contributed by atoms with Crippen LogP contribution in [-0.2, 0) is 13.1 Å². The van der Waals surface area contributed by atoms with Crippen molar-refractivity contribution < 1.29 is 0 Å². The van der Waals surface area contributed by atoms with Gasteiger partial charge in [-0.25, -0.2) is 0 Å². The summed E-state index contributed by atoms with van der Waals surface area (Å²) in [6.07, 6.45) is 12.9. The van der Waals surface area contributed by atoms with Gasteiger partial charge in [-0.2, -0.15) is 0 Å². The summed E-state index contributed by atoms with van der Waals surface area (Å²) in [5, 5.41) is 11.3. The third-order valence-corrected chi connectivity index (χ3v) is 3.18. The highest BCUT2D eigenvalue weighted by molar-refractivity contribution is 4.90. The van der Waals surface area contributed by atoms with Gasteiger partial charge in [0.25, 0.3) is 0 Å². The minimum atomic E-state index is 0.803. The molecular weight excluding hydrogens is 224 g/mol. The van der Waals surface area contributed by atoms with Gasteiger partial charge in [-0.15, -0.1) is 5.10 Å². The van der Waals surface area contributed by atoms with Crippen LogP contribution < -0.4 is 5.32 Å². The molecule has 0 spiro atoms. The Morgan fingerprint density at radius 1 is 1.06 bits per heavy atom. The van der Waals surface area contributed by atoms with E-state index in [4.69, 9.17) is 0 Å². The van der Waals surface area contributed by atoms with Crippen LogP contribution >= 0.6 is 0 Å². The molecule has 104 valence electrons. The average molecular weight is 252 g/mol. The second-order valence-corrected chi connectivity index (χ2v) is 4.98. The zero-order valence-electron chi connectivity index (χ0n) is 12.0. The molecule has 0 unspecified atom stereocenters. The number of rotatable bonds is 11. The standard InChI is InChI=1S/C14H28N4/c1-3-4-5-6-7-8-9-10-11-18-13-14(12-15-2)16-17-18/h13,15H,3-12H2,1-2H3. The molecule has 1 rings (SSSR count). The Morgan fingerprint density at radius 2 is 1.72 bits per heavy atom. The highest BCUT2D eigenvalue weighted by atomic mass is 15.4. The first-order valence-corrected chi connectivity index (χ1v) is 7.40. The van der Waals surface area contributed by atoms with Gasteiger partial charge in [0.1, 0.15) is 0 Å². The van der Waals surface area contributed by atoms with Crippen LogP contribution in [0.25, 0.3) is 0 Å². The summed E-state index contributed by atoms with van der Waals surface area (Å²) >= 11 is 0. The molecule has 0 aliphatic carbocycles. The minimum Gasteiger partial charge on any atom is -0.314 e. The molecule has 0 aromatic carbocycles. The minimum absolute atomic E-state index is 0.803. The maximum atomic E-state index is 4.12. The molecule has 0 radical (unpaired) electrons. The number of aryl methyl sites for hydroxylation is 1. The van der Waals surface area contributed by atoms with Crippen molar-refractivity contribution in [2.45, 2.75) is 71.4 Å². The molecule has 1 aromatic rings. The molecule has 0 aliphatic heterocycles. The number of nitrogens with zero attached hydrogens (tertiary/aromatic N) is 3. The highest BCUT2D eigenvalue weighted by Gasteiger charge is 1.99. The predicted molar refractivity (Wildman–Crippen MR) is 75.4 cm³/mol. The molecule has 0 aliphatic rings. The zero-order chi connectivity index (χ0) is 13.1. The molecule has 0 amide bonds. The van der Waals surface area contributed by atoms with Crippen LogP contribution in [0.5, 0.6) is 0 Å². The summed E-state index contributed by atoms with van der Waals surface area (Å²) < 4.78 is 1.96. The van der Waals surface area contributed by atoms with Gasteiger partial charge in [0.05, 0.1) is 5.69 Å². The van der Waals surface area contributed by atoms with Gasteiger partial charge >= 0.3 is 0 Å². The van der Waals surface area contributed by atoms with Crippen molar-refractivity contribution in [2.24, 2.45) is 0 Å². The number of nitrogens with one attached hydrogen (secondary N) is 1. The van der Waals surface area contributed by atoms with E-state index in [-0.39, 0.29) is 0 Å². The van der Waals surface area contributed by atoms with Crippen molar-refractivity contribution in [1.29, 1.82) is 0 Å². The number of unbranched alkanes of at least 4 members (excludes halogenated alkanes) is 7. The fourth-order valence-electron chi connectivity index (χ4n) is 2.12. The van der Waals surface area contributed by atoms with Gasteiger partial charge in [0, 0.05) is 19.3 Å². The Balaban J connectivity index is 1.96. The van der Waals surface area contributed by atoms with Crippen molar-refractivity contribution in [1.82, 2.24) is 20.3 Å². The Kier molecular flexibility index (Phi) is 8.47. The number of aromatic nitrogens is 3. The normalized spacial score (nSPS) is 11.0. The SMILES string of the molecule is CCCCCCCCCCn1cc(CNC)nn1. The van der Waals surface area contributed by atoms with E-state index in [1.807, 2.05) is 17.9 Å². The summed E-state index contributed by atoms with van der Waals surface area (Å²) in [6.45, 7) is 4.07. The van der Waals surface area contributed by atoms with E-state index in [0.717, 1.165) is 18.8 Å². The van der Waals surface area contributed by atoms with Crippen LogP contribution in [0.15, 0.2) is 6.20 Å².